The summed E-state index contributed by atoms with van der Waals surface area (Å²) >= 11 is 0. The molecule has 0 aliphatic heterocycles. The van der Waals surface area contributed by atoms with Crippen molar-refractivity contribution in [2.24, 2.45) is 0 Å². The van der Waals surface area contributed by atoms with E-state index in [0.29, 0.717) is 6.42 Å². The van der Waals surface area contributed by atoms with Crippen LogP contribution < -0.4 is 0 Å². The van der Waals surface area contributed by atoms with Gasteiger partial charge in [-0.1, -0.05) is 180 Å². The van der Waals surface area contributed by atoms with Gasteiger partial charge in [0.05, 0.1) is 0 Å². The summed E-state index contributed by atoms with van der Waals surface area (Å²) in [7, 11) is 0. The normalized spacial score (nSPS) is 12.4. The predicted molar refractivity (Wildman–Crippen MR) is 195 cm³/mol. The molecule has 0 aliphatic rings. The molecule has 45 heavy (non-hydrogen) atoms. The van der Waals surface area contributed by atoms with Gasteiger partial charge in [-0.3, -0.25) is 9.59 Å². The van der Waals surface area contributed by atoms with Gasteiger partial charge < -0.3 is 9.84 Å². The molecule has 0 rings (SSSR count). The van der Waals surface area contributed by atoms with E-state index in [1.807, 2.05) is 0 Å². The summed E-state index contributed by atoms with van der Waals surface area (Å²) in [6, 6.07) is 0. The summed E-state index contributed by atoms with van der Waals surface area (Å²) in [5, 5.41) is 8.77. The molecule has 0 aromatic rings. The largest absolute Gasteiger partial charge is 0.481 e. The number of carboxylic acids is 1. The molecule has 0 aromatic carbocycles. The van der Waals surface area contributed by atoms with Crippen molar-refractivity contribution in [3.05, 3.63) is 24.3 Å². The summed E-state index contributed by atoms with van der Waals surface area (Å²) in [5.74, 6) is -0.752. The number of hydrogen-bond acceptors (Lipinski definition) is 3. The highest BCUT2D eigenvalue weighted by Crippen LogP contribution is 2.16. The van der Waals surface area contributed by atoms with Crippen molar-refractivity contribution in [1.82, 2.24) is 0 Å². The number of carboxylic acid groups (broad SMARTS) is 1. The molecule has 4 nitrogen and oxygen atoms in total. The lowest BCUT2D eigenvalue weighted by molar-refractivity contribution is -0.147. The summed E-state index contributed by atoms with van der Waals surface area (Å²) < 4.78 is 5.91. The van der Waals surface area contributed by atoms with Gasteiger partial charge in [0.2, 0.25) is 0 Å². The van der Waals surface area contributed by atoms with Crippen LogP contribution in [0.1, 0.15) is 219 Å². The lowest BCUT2D eigenvalue weighted by Gasteiger charge is -2.14. The third-order valence-corrected chi connectivity index (χ3v) is 8.91. The average Bonchev–Trinajstić information content (AvgIpc) is 3.02. The van der Waals surface area contributed by atoms with Crippen LogP contribution in [0.5, 0.6) is 0 Å². The molecule has 0 fully saturated rings. The Balaban J connectivity index is 4.02. The molecule has 1 unspecified atom stereocenters. The molecule has 0 saturated heterocycles. The van der Waals surface area contributed by atoms with E-state index in [-0.39, 0.29) is 18.5 Å². The summed E-state index contributed by atoms with van der Waals surface area (Å²) in [5.41, 5.74) is 0. The van der Waals surface area contributed by atoms with Crippen molar-refractivity contribution < 1.29 is 19.4 Å². The minimum absolute atomic E-state index is 0.0502. The van der Waals surface area contributed by atoms with Crippen molar-refractivity contribution in [3.8, 4) is 0 Å². The van der Waals surface area contributed by atoms with E-state index in [1.165, 1.54) is 122 Å². The highest BCUT2D eigenvalue weighted by molar-refractivity contribution is 5.69. The molecule has 4 heteroatoms. The van der Waals surface area contributed by atoms with Gasteiger partial charge in [0, 0.05) is 12.8 Å². The van der Waals surface area contributed by atoms with E-state index < -0.39 is 5.97 Å². The van der Waals surface area contributed by atoms with Crippen LogP contribution >= 0.6 is 0 Å². The lowest BCUT2D eigenvalue weighted by Crippen LogP contribution is -2.16. The second-order valence-electron chi connectivity index (χ2n) is 13.5. The van der Waals surface area contributed by atoms with Crippen LogP contribution in [-0.2, 0) is 14.3 Å². The number of aliphatic carboxylic acids is 1. The van der Waals surface area contributed by atoms with Crippen molar-refractivity contribution in [2.75, 3.05) is 0 Å². The molecule has 0 bridgehead atoms. The van der Waals surface area contributed by atoms with Gasteiger partial charge in [-0.25, -0.2) is 0 Å². The minimum atomic E-state index is -0.701. The molecule has 0 aromatic heterocycles. The van der Waals surface area contributed by atoms with E-state index in [4.69, 9.17) is 9.84 Å². The summed E-state index contributed by atoms with van der Waals surface area (Å²) in [6.45, 7) is 4.53. The topological polar surface area (TPSA) is 63.6 Å². The first kappa shape index (κ1) is 43.4. The number of ether oxygens (including phenoxy) is 1. The standard InChI is InChI=1S/C41H76O4/c1-3-5-7-9-11-13-14-15-16-17-18-19-20-22-24-30-34-38-41(44)45-39(35-31-27-23-21-12-10-8-6-4-2)36-32-28-25-26-29-33-37-40(42)43/h21,23,31,35,39H,3-20,22,24-30,32-34,36-38H2,1-2H3,(H,42,43)/b23-21-,35-31-. The average molecular weight is 633 g/mol. The highest BCUT2D eigenvalue weighted by atomic mass is 16.5. The van der Waals surface area contributed by atoms with Crippen LogP contribution in [0.4, 0.5) is 0 Å². The Morgan fingerprint density at radius 1 is 0.511 bits per heavy atom. The zero-order valence-electron chi connectivity index (χ0n) is 30.2. The van der Waals surface area contributed by atoms with Crippen molar-refractivity contribution in [2.45, 2.75) is 225 Å². The smallest absolute Gasteiger partial charge is 0.306 e. The molecule has 1 atom stereocenters. The maximum Gasteiger partial charge on any atom is 0.306 e. The fourth-order valence-electron chi connectivity index (χ4n) is 5.96. The molecule has 1 N–H and O–H groups in total. The van der Waals surface area contributed by atoms with Crippen LogP contribution in [0.25, 0.3) is 0 Å². The second-order valence-corrected chi connectivity index (χ2v) is 13.5. The zero-order chi connectivity index (χ0) is 32.9. The van der Waals surface area contributed by atoms with Gasteiger partial charge in [0.25, 0.3) is 0 Å². The van der Waals surface area contributed by atoms with E-state index >= 15 is 0 Å². The molecular weight excluding hydrogens is 556 g/mol. The van der Waals surface area contributed by atoms with E-state index in [1.54, 1.807) is 0 Å². The van der Waals surface area contributed by atoms with Gasteiger partial charge in [0.1, 0.15) is 6.10 Å². The lowest BCUT2D eigenvalue weighted by atomic mass is 10.0. The Kier molecular flexibility index (Phi) is 35.6. The molecule has 0 amide bonds. The van der Waals surface area contributed by atoms with Crippen molar-refractivity contribution >= 4 is 11.9 Å². The first-order chi connectivity index (χ1) is 22.1. The van der Waals surface area contributed by atoms with E-state index in [9.17, 15) is 9.59 Å². The van der Waals surface area contributed by atoms with Crippen molar-refractivity contribution in [3.63, 3.8) is 0 Å². The van der Waals surface area contributed by atoms with Crippen LogP contribution in [0.3, 0.4) is 0 Å². The fraction of sp³-hybridized carbons (Fsp3) is 0.854. The number of carbonyl (C=O) groups is 2. The number of esters is 1. The number of hydrogen-bond donors (Lipinski definition) is 1. The van der Waals surface area contributed by atoms with Gasteiger partial charge in [-0.15, -0.1) is 0 Å². The third kappa shape index (κ3) is 36.8. The summed E-state index contributed by atoms with van der Waals surface area (Å²) in [4.78, 5) is 23.3. The Hall–Kier alpha value is -1.58. The monoisotopic (exact) mass is 633 g/mol. The molecule has 0 aliphatic carbocycles. The maximum absolute atomic E-state index is 12.6. The molecule has 264 valence electrons. The van der Waals surface area contributed by atoms with Gasteiger partial charge in [-0.2, -0.15) is 0 Å². The molecule has 0 spiro atoms. The van der Waals surface area contributed by atoms with Crippen LogP contribution in [0.2, 0.25) is 0 Å². The van der Waals surface area contributed by atoms with Gasteiger partial charge >= 0.3 is 11.9 Å². The van der Waals surface area contributed by atoms with Gasteiger partial charge in [0.15, 0.2) is 0 Å². The van der Waals surface area contributed by atoms with E-state index in [0.717, 1.165) is 70.6 Å². The SMILES string of the molecule is CCCCCC/C=C\C/C=C\C(CCCCCCCCC(=O)O)OC(=O)CCCCCCCCCCCCCCCCCCC. The van der Waals surface area contributed by atoms with Crippen LogP contribution in [0.15, 0.2) is 24.3 Å². The number of unbranched alkanes of at least 4 members (excludes halogenated alkanes) is 25. The quantitative estimate of drug-likeness (QED) is 0.0424. The number of carbonyl (C=O) groups excluding carboxylic acids is 1. The zero-order valence-corrected chi connectivity index (χ0v) is 30.2. The third-order valence-electron chi connectivity index (χ3n) is 8.91. The Bertz CT molecular complexity index is 683. The number of allylic oxidation sites excluding steroid dienone is 3. The van der Waals surface area contributed by atoms with Gasteiger partial charge in [-0.05, 0) is 51.0 Å². The predicted octanol–water partition coefficient (Wildman–Crippen LogP) is 13.6. The fourth-order valence-corrected chi connectivity index (χ4v) is 5.96. The van der Waals surface area contributed by atoms with Crippen LogP contribution in [0, 0.1) is 0 Å². The van der Waals surface area contributed by atoms with E-state index in [2.05, 4.69) is 38.2 Å². The molecule has 0 saturated carbocycles. The molecular formula is C41H76O4. The maximum atomic E-state index is 12.6. The second kappa shape index (κ2) is 36.9. The Morgan fingerprint density at radius 2 is 0.933 bits per heavy atom. The minimum Gasteiger partial charge on any atom is -0.481 e. The first-order valence-electron chi connectivity index (χ1n) is 19.8. The van der Waals surface area contributed by atoms with Crippen LogP contribution in [-0.4, -0.2) is 23.1 Å². The highest BCUT2D eigenvalue weighted by Gasteiger charge is 2.11. The summed E-state index contributed by atoms with van der Waals surface area (Å²) in [6.07, 6.45) is 46.4. The molecule has 0 heterocycles. The van der Waals surface area contributed by atoms with Crippen molar-refractivity contribution in [1.29, 1.82) is 0 Å². The molecule has 0 radical (unpaired) electrons. The Morgan fingerprint density at radius 3 is 1.42 bits per heavy atom. The number of rotatable bonds is 36. The first-order valence-corrected chi connectivity index (χ1v) is 19.8. The Labute approximate surface area is 280 Å².